The minimum Gasteiger partial charge on any atom is -0.493 e. The van der Waals surface area contributed by atoms with Gasteiger partial charge in [0.05, 0.1) is 32.0 Å². The van der Waals surface area contributed by atoms with E-state index in [1.807, 2.05) is 30.3 Å². The fraction of sp³-hybridized carbons (Fsp3) is 0.316. The number of rotatable bonds is 6. The average Bonchev–Trinajstić information content (AvgIpc) is 2.87. The highest BCUT2D eigenvalue weighted by Gasteiger charge is 2.14. The Balaban J connectivity index is 1.44. The standard InChI is InChI=1S/C19H20O5/c20-19(24-13-4-10-21-16-6-2-1-3-7-16)15-8-9-17-18(14-15)23-12-5-11-22-17/h1-3,6-9,14H,4-5,10-13H2. The molecule has 2 aromatic carbocycles. The second-order valence-electron chi connectivity index (χ2n) is 5.36. The van der Waals surface area contributed by atoms with Crippen molar-refractivity contribution in [3.63, 3.8) is 0 Å². The molecular weight excluding hydrogens is 308 g/mol. The Bertz CT molecular complexity index is 669. The molecule has 1 heterocycles. The predicted octanol–water partition coefficient (Wildman–Crippen LogP) is 3.47. The quantitative estimate of drug-likeness (QED) is 0.600. The summed E-state index contributed by atoms with van der Waals surface area (Å²) in [4.78, 5) is 12.1. The maximum atomic E-state index is 12.1. The first-order valence-electron chi connectivity index (χ1n) is 8.07. The van der Waals surface area contributed by atoms with Gasteiger partial charge in [-0.1, -0.05) is 18.2 Å². The summed E-state index contributed by atoms with van der Waals surface area (Å²) >= 11 is 0. The van der Waals surface area contributed by atoms with E-state index in [0.717, 1.165) is 12.2 Å². The number of carbonyl (C=O) groups excluding carboxylic acids is 1. The van der Waals surface area contributed by atoms with Crippen molar-refractivity contribution in [2.24, 2.45) is 0 Å². The smallest absolute Gasteiger partial charge is 0.338 e. The molecule has 0 saturated heterocycles. The van der Waals surface area contributed by atoms with Crippen molar-refractivity contribution in [1.29, 1.82) is 0 Å². The van der Waals surface area contributed by atoms with Crippen molar-refractivity contribution in [3.05, 3.63) is 54.1 Å². The second-order valence-corrected chi connectivity index (χ2v) is 5.36. The van der Waals surface area contributed by atoms with Gasteiger partial charge in [0.25, 0.3) is 0 Å². The van der Waals surface area contributed by atoms with Crippen LogP contribution in [0.3, 0.4) is 0 Å². The third-order valence-electron chi connectivity index (χ3n) is 3.52. The molecular formula is C19H20O5. The Hall–Kier alpha value is -2.69. The van der Waals surface area contributed by atoms with Gasteiger partial charge in [-0.3, -0.25) is 0 Å². The zero-order valence-corrected chi connectivity index (χ0v) is 13.4. The molecule has 126 valence electrons. The van der Waals surface area contributed by atoms with Crippen LogP contribution < -0.4 is 14.2 Å². The number of para-hydroxylation sites is 1. The van der Waals surface area contributed by atoms with Gasteiger partial charge in [-0.15, -0.1) is 0 Å². The Morgan fingerprint density at radius 2 is 1.75 bits per heavy atom. The van der Waals surface area contributed by atoms with E-state index in [9.17, 15) is 4.79 Å². The van der Waals surface area contributed by atoms with E-state index in [4.69, 9.17) is 18.9 Å². The molecule has 0 bridgehead atoms. The number of ether oxygens (including phenoxy) is 4. The lowest BCUT2D eigenvalue weighted by Gasteiger charge is -2.10. The minimum absolute atomic E-state index is 0.306. The average molecular weight is 328 g/mol. The van der Waals surface area contributed by atoms with Crippen LogP contribution in [0.5, 0.6) is 17.2 Å². The van der Waals surface area contributed by atoms with E-state index < -0.39 is 0 Å². The van der Waals surface area contributed by atoms with Crippen LogP contribution in [0, 0.1) is 0 Å². The van der Waals surface area contributed by atoms with E-state index in [-0.39, 0.29) is 5.97 Å². The number of carbonyl (C=O) groups is 1. The van der Waals surface area contributed by atoms with Crippen LogP contribution in [0.25, 0.3) is 0 Å². The Kier molecular flexibility index (Phi) is 5.56. The normalized spacial score (nSPS) is 13.0. The number of fused-ring (bicyclic) bond motifs is 1. The third kappa shape index (κ3) is 4.41. The molecule has 1 aliphatic heterocycles. The first kappa shape index (κ1) is 16.2. The maximum absolute atomic E-state index is 12.1. The van der Waals surface area contributed by atoms with Gasteiger partial charge in [0.2, 0.25) is 0 Å². The van der Waals surface area contributed by atoms with Crippen LogP contribution in [-0.2, 0) is 4.74 Å². The lowest BCUT2D eigenvalue weighted by Crippen LogP contribution is -2.09. The van der Waals surface area contributed by atoms with Crippen LogP contribution in [0.4, 0.5) is 0 Å². The van der Waals surface area contributed by atoms with Crippen molar-refractivity contribution < 1.29 is 23.7 Å². The van der Waals surface area contributed by atoms with Crippen LogP contribution in [-0.4, -0.2) is 32.4 Å². The zero-order valence-electron chi connectivity index (χ0n) is 13.4. The summed E-state index contributed by atoms with van der Waals surface area (Å²) in [6.45, 7) is 2.01. The lowest BCUT2D eigenvalue weighted by atomic mass is 10.2. The van der Waals surface area contributed by atoms with Gasteiger partial charge in [-0.05, 0) is 30.3 Å². The van der Waals surface area contributed by atoms with E-state index in [1.165, 1.54) is 0 Å². The van der Waals surface area contributed by atoms with Gasteiger partial charge in [0.1, 0.15) is 5.75 Å². The van der Waals surface area contributed by atoms with Crippen molar-refractivity contribution in [2.75, 3.05) is 26.4 Å². The van der Waals surface area contributed by atoms with E-state index in [0.29, 0.717) is 49.9 Å². The molecule has 3 rings (SSSR count). The molecule has 0 atom stereocenters. The van der Waals surface area contributed by atoms with Gasteiger partial charge in [-0.25, -0.2) is 4.79 Å². The fourth-order valence-electron chi connectivity index (χ4n) is 2.30. The van der Waals surface area contributed by atoms with E-state index >= 15 is 0 Å². The van der Waals surface area contributed by atoms with Crippen molar-refractivity contribution in [2.45, 2.75) is 12.8 Å². The first-order valence-corrected chi connectivity index (χ1v) is 8.07. The highest BCUT2D eigenvalue weighted by atomic mass is 16.5. The predicted molar refractivity (Wildman–Crippen MR) is 88.9 cm³/mol. The van der Waals surface area contributed by atoms with Crippen LogP contribution >= 0.6 is 0 Å². The molecule has 24 heavy (non-hydrogen) atoms. The van der Waals surface area contributed by atoms with Crippen molar-refractivity contribution in [3.8, 4) is 17.2 Å². The maximum Gasteiger partial charge on any atom is 0.338 e. The van der Waals surface area contributed by atoms with Gasteiger partial charge < -0.3 is 18.9 Å². The fourth-order valence-corrected chi connectivity index (χ4v) is 2.30. The number of benzene rings is 2. The number of hydrogen-bond acceptors (Lipinski definition) is 5. The first-order chi connectivity index (χ1) is 11.8. The minimum atomic E-state index is -0.370. The van der Waals surface area contributed by atoms with Gasteiger partial charge in [0.15, 0.2) is 11.5 Å². The largest absolute Gasteiger partial charge is 0.493 e. The SMILES string of the molecule is O=C(OCCCOc1ccccc1)c1ccc2c(c1)OCCCO2. The van der Waals surface area contributed by atoms with Crippen molar-refractivity contribution in [1.82, 2.24) is 0 Å². The third-order valence-corrected chi connectivity index (χ3v) is 3.52. The topological polar surface area (TPSA) is 54.0 Å². The monoisotopic (exact) mass is 328 g/mol. The Labute approximate surface area is 141 Å². The van der Waals surface area contributed by atoms with Crippen LogP contribution in [0.15, 0.2) is 48.5 Å². The molecule has 0 N–H and O–H groups in total. The Morgan fingerprint density at radius 3 is 2.58 bits per heavy atom. The molecule has 0 radical (unpaired) electrons. The molecule has 2 aromatic rings. The molecule has 0 aromatic heterocycles. The van der Waals surface area contributed by atoms with Gasteiger partial charge in [-0.2, -0.15) is 0 Å². The second kappa shape index (κ2) is 8.24. The molecule has 0 saturated carbocycles. The van der Waals surface area contributed by atoms with Gasteiger partial charge >= 0.3 is 5.97 Å². The molecule has 0 spiro atoms. The van der Waals surface area contributed by atoms with Gasteiger partial charge in [0, 0.05) is 12.8 Å². The summed E-state index contributed by atoms with van der Waals surface area (Å²) in [5.41, 5.74) is 0.461. The highest BCUT2D eigenvalue weighted by Crippen LogP contribution is 2.30. The Morgan fingerprint density at radius 1 is 0.958 bits per heavy atom. The summed E-state index contributed by atoms with van der Waals surface area (Å²) in [6.07, 6.45) is 1.46. The van der Waals surface area contributed by atoms with Crippen LogP contribution in [0.1, 0.15) is 23.2 Å². The molecule has 0 amide bonds. The van der Waals surface area contributed by atoms with Crippen molar-refractivity contribution >= 4 is 5.97 Å². The summed E-state index contributed by atoms with van der Waals surface area (Å²) in [5, 5.41) is 0. The summed E-state index contributed by atoms with van der Waals surface area (Å²) in [6, 6.07) is 14.7. The van der Waals surface area contributed by atoms with Crippen LogP contribution in [0.2, 0.25) is 0 Å². The summed E-state index contributed by atoms with van der Waals surface area (Å²) in [7, 11) is 0. The summed E-state index contributed by atoms with van der Waals surface area (Å²) in [5.74, 6) is 1.70. The number of hydrogen-bond donors (Lipinski definition) is 0. The molecule has 0 unspecified atom stereocenters. The molecule has 0 fully saturated rings. The molecule has 1 aliphatic rings. The summed E-state index contributed by atoms with van der Waals surface area (Å²) < 4.78 is 22.0. The molecule has 5 nitrogen and oxygen atoms in total. The molecule has 5 heteroatoms. The molecule has 0 aliphatic carbocycles. The lowest BCUT2D eigenvalue weighted by molar-refractivity contribution is 0.0485. The van der Waals surface area contributed by atoms with E-state index in [1.54, 1.807) is 18.2 Å². The highest BCUT2D eigenvalue weighted by molar-refractivity contribution is 5.90. The van der Waals surface area contributed by atoms with E-state index in [2.05, 4.69) is 0 Å². The zero-order chi connectivity index (χ0) is 16.6. The number of esters is 1.